The van der Waals surface area contributed by atoms with Gasteiger partial charge in [-0.2, -0.15) is 0 Å². The molecule has 8 heteroatoms. The van der Waals surface area contributed by atoms with Gasteiger partial charge in [-0.05, 0) is 37.3 Å². The van der Waals surface area contributed by atoms with Gasteiger partial charge in [-0.1, -0.05) is 28.1 Å². The zero-order chi connectivity index (χ0) is 20.4. The van der Waals surface area contributed by atoms with Crippen molar-refractivity contribution >= 4 is 49.9 Å². The van der Waals surface area contributed by atoms with Crippen LogP contribution in [0, 0.1) is 0 Å². The van der Waals surface area contributed by atoms with E-state index in [0.717, 1.165) is 4.47 Å². The average molecular weight is 455 g/mol. The number of furan rings is 1. The molecule has 0 saturated carbocycles. The molecule has 0 saturated heterocycles. The van der Waals surface area contributed by atoms with E-state index in [-0.39, 0.29) is 24.7 Å². The average Bonchev–Trinajstić information content (AvgIpc) is 3.09. The zero-order valence-corrected chi connectivity index (χ0v) is 16.9. The lowest BCUT2D eigenvalue weighted by molar-refractivity contribution is 0.0431. The summed E-state index contributed by atoms with van der Waals surface area (Å²) in [5, 5.41) is 0.653. The highest BCUT2D eigenvalue weighted by atomic mass is 79.9. The van der Waals surface area contributed by atoms with Crippen LogP contribution in [0.4, 0.5) is 0 Å². The first-order chi connectivity index (χ1) is 14.1. The third-order valence-corrected chi connectivity index (χ3v) is 4.71. The number of rotatable bonds is 5. The van der Waals surface area contributed by atoms with Crippen LogP contribution in [0.5, 0.6) is 0 Å². The Hall–Kier alpha value is -3.26. The monoisotopic (exact) mass is 454 g/mol. The summed E-state index contributed by atoms with van der Waals surface area (Å²) in [7, 11) is 0. The lowest BCUT2D eigenvalue weighted by Gasteiger charge is -2.06. The fourth-order valence-corrected chi connectivity index (χ4v) is 3.25. The van der Waals surface area contributed by atoms with Crippen molar-refractivity contribution in [3.05, 3.63) is 70.2 Å². The molecule has 146 valence electrons. The van der Waals surface area contributed by atoms with Gasteiger partial charge in [-0.15, -0.1) is 0 Å². The van der Waals surface area contributed by atoms with Gasteiger partial charge in [0, 0.05) is 9.86 Å². The second-order valence-electron chi connectivity index (χ2n) is 6.09. The fraction of sp³-hybridized carbons (Fsp3) is 0.143. The molecule has 0 aliphatic carbocycles. The summed E-state index contributed by atoms with van der Waals surface area (Å²) in [5.41, 5.74) is 2.27. The molecule has 0 aliphatic rings. The van der Waals surface area contributed by atoms with Gasteiger partial charge in [0.05, 0.1) is 29.4 Å². The second kappa shape index (κ2) is 8.00. The highest BCUT2D eigenvalue weighted by Crippen LogP contribution is 2.30. The van der Waals surface area contributed by atoms with E-state index in [1.54, 1.807) is 37.3 Å². The Kier molecular flexibility index (Phi) is 5.26. The van der Waals surface area contributed by atoms with Crippen molar-refractivity contribution < 1.29 is 23.5 Å². The number of hydrogen-bond donors (Lipinski definition) is 0. The van der Waals surface area contributed by atoms with E-state index in [9.17, 15) is 9.59 Å². The van der Waals surface area contributed by atoms with Gasteiger partial charge >= 0.3 is 11.9 Å². The topological polar surface area (TPSA) is 91.5 Å². The standard InChI is InChI=1S/C21H15BrN2O5/c1-2-27-21(26)19-14(13-9-12(22)7-8-18(13)29-19)11-28-20(25)17-10-23-15-5-3-4-6-16(15)24-17/h3-10H,2,11H2,1H3. The number of aromatic nitrogens is 2. The van der Waals surface area contributed by atoms with Crippen molar-refractivity contribution in [2.24, 2.45) is 0 Å². The van der Waals surface area contributed by atoms with Crippen molar-refractivity contribution in [2.75, 3.05) is 6.61 Å². The summed E-state index contributed by atoms with van der Waals surface area (Å²) in [6, 6.07) is 12.5. The fourth-order valence-electron chi connectivity index (χ4n) is 2.89. The highest BCUT2D eigenvalue weighted by Gasteiger charge is 2.23. The maximum absolute atomic E-state index is 12.5. The lowest BCUT2D eigenvalue weighted by atomic mass is 10.1. The number of carbonyl (C=O) groups excluding carboxylic acids is 2. The summed E-state index contributed by atoms with van der Waals surface area (Å²) in [6.45, 7) is 1.73. The third kappa shape index (κ3) is 3.84. The molecule has 29 heavy (non-hydrogen) atoms. The summed E-state index contributed by atoms with van der Waals surface area (Å²) in [4.78, 5) is 33.3. The maximum atomic E-state index is 12.5. The van der Waals surface area contributed by atoms with E-state index in [0.29, 0.717) is 27.6 Å². The van der Waals surface area contributed by atoms with Crippen LogP contribution < -0.4 is 0 Å². The van der Waals surface area contributed by atoms with Crippen molar-refractivity contribution in [3.8, 4) is 0 Å². The third-order valence-electron chi connectivity index (χ3n) is 4.22. The van der Waals surface area contributed by atoms with Gasteiger partial charge in [0.15, 0.2) is 5.69 Å². The molecule has 0 radical (unpaired) electrons. The molecule has 4 aromatic rings. The summed E-state index contributed by atoms with van der Waals surface area (Å²) in [6.07, 6.45) is 1.36. The molecule has 0 amide bonds. The van der Waals surface area contributed by atoms with Gasteiger partial charge in [-0.25, -0.2) is 14.6 Å². The van der Waals surface area contributed by atoms with E-state index >= 15 is 0 Å². The SMILES string of the molecule is CCOC(=O)c1oc2ccc(Br)cc2c1COC(=O)c1cnc2ccccc2n1. The Balaban J connectivity index is 1.63. The molecule has 0 N–H and O–H groups in total. The minimum absolute atomic E-state index is 0.0114. The van der Waals surface area contributed by atoms with E-state index in [1.165, 1.54) is 6.20 Å². The van der Waals surface area contributed by atoms with Crippen molar-refractivity contribution in [1.29, 1.82) is 0 Å². The van der Waals surface area contributed by atoms with E-state index < -0.39 is 11.9 Å². The van der Waals surface area contributed by atoms with Crippen molar-refractivity contribution in [3.63, 3.8) is 0 Å². The molecule has 4 rings (SSSR count). The zero-order valence-electron chi connectivity index (χ0n) is 15.3. The Morgan fingerprint density at radius 2 is 1.86 bits per heavy atom. The lowest BCUT2D eigenvalue weighted by Crippen LogP contribution is -2.11. The molecule has 2 heterocycles. The van der Waals surface area contributed by atoms with Crippen molar-refractivity contribution in [1.82, 2.24) is 9.97 Å². The van der Waals surface area contributed by atoms with Crippen molar-refractivity contribution in [2.45, 2.75) is 13.5 Å². The van der Waals surface area contributed by atoms with Crippen LogP contribution in [-0.2, 0) is 16.1 Å². The van der Waals surface area contributed by atoms with Crippen LogP contribution >= 0.6 is 15.9 Å². The number of carbonyl (C=O) groups is 2. The summed E-state index contributed by atoms with van der Waals surface area (Å²) in [5.74, 6) is -1.25. The van der Waals surface area contributed by atoms with Gasteiger partial charge < -0.3 is 13.9 Å². The van der Waals surface area contributed by atoms with Crippen LogP contribution in [0.2, 0.25) is 0 Å². The van der Waals surface area contributed by atoms with Crippen LogP contribution in [0.3, 0.4) is 0 Å². The molecular formula is C21H15BrN2O5. The van der Waals surface area contributed by atoms with Gasteiger partial charge in [-0.3, -0.25) is 4.98 Å². The first-order valence-electron chi connectivity index (χ1n) is 8.83. The molecule has 0 aliphatic heterocycles. The highest BCUT2D eigenvalue weighted by molar-refractivity contribution is 9.10. The number of benzene rings is 2. The molecule has 7 nitrogen and oxygen atoms in total. The number of nitrogens with zero attached hydrogens (tertiary/aromatic N) is 2. The normalized spacial score (nSPS) is 11.0. The number of fused-ring (bicyclic) bond motifs is 2. The van der Waals surface area contributed by atoms with E-state index in [4.69, 9.17) is 13.9 Å². The molecule has 0 fully saturated rings. The number of esters is 2. The summed E-state index contributed by atoms with van der Waals surface area (Å²) >= 11 is 3.40. The van der Waals surface area contributed by atoms with Crippen LogP contribution in [0.25, 0.3) is 22.0 Å². The first kappa shape index (κ1) is 19.1. The Bertz CT molecular complexity index is 1230. The minimum atomic E-state index is -0.651. The van der Waals surface area contributed by atoms with Gasteiger partial charge in [0.2, 0.25) is 5.76 Å². The quantitative estimate of drug-likeness (QED) is 0.404. The predicted molar refractivity (Wildman–Crippen MR) is 109 cm³/mol. The number of hydrogen-bond acceptors (Lipinski definition) is 7. The summed E-state index contributed by atoms with van der Waals surface area (Å²) < 4.78 is 16.9. The Labute approximate surface area is 173 Å². The molecule has 0 unspecified atom stereocenters. The van der Waals surface area contributed by atoms with Crippen LogP contribution in [0.15, 0.2) is 57.6 Å². The number of para-hydroxylation sites is 2. The van der Waals surface area contributed by atoms with E-state index in [2.05, 4.69) is 25.9 Å². The van der Waals surface area contributed by atoms with Gasteiger partial charge in [0.25, 0.3) is 0 Å². The largest absolute Gasteiger partial charge is 0.460 e. The van der Waals surface area contributed by atoms with Crippen LogP contribution in [-0.4, -0.2) is 28.5 Å². The molecule has 0 atom stereocenters. The molecule has 2 aromatic heterocycles. The molecule has 2 aromatic carbocycles. The van der Waals surface area contributed by atoms with Crippen LogP contribution in [0.1, 0.15) is 33.5 Å². The molecular weight excluding hydrogens is 440 g/mol. The number of ether oxygens (including phenoxy) is 2. The minimum Gasteiger partial charge on any atom is -0.460 e. The molecule has 0 bridgehead atoms. The number of halogens is 1. The van der Waals surface area contributed by atoms with Gasteiger partial charge in [0.1, 0.15) is 12.2 Å². The Morgan fingerprint density at radius 3 is 2.66 bits per heavy atom. The Morgan fingerprint density at radius 1 is 1.07 bits per heavy atom. The molecule has 0 spiro atoms. The smallest absolute Gasteiger partial charge is 0.374 e. The van der Waals surface area contributed by atoms with E-state index in [1.807, 2.05) is 12.1 Å². The first-order valence-corrected chi connectivity index (χ1v) is 9.63. The maximum Gasteiger partial charge on any atom is 0.374 e. The predicted octanol–water partition coefficient (Wildman–Crippen LogP) is 4.67. The second-order valence-corrected chi connectivity index (χ2v) is 7.01.